The van der Waals surface area contributed by atoms with Crippen LogP contribution >= 0.6 is 0 Å². The van der Waals surface area contributed by atoms with E-state index >= 15 is 0 Å². The predicted molar refractivity (Wildman–Crippen MR) is 62.0 cm³/mol. The van der Waals surface area contributed by atoms with E-state index < -0.39 is 0 Å². The molecule has 0 aliphatic heterocycles. The maximum atomic E-state index is 4.40. The van der Waals surface area contributed by atoms with Crippen LogP contribution in [0, 0.1) is 13.8 Å². The number of pyridine rings is 1. The second kappa shape index (κ2) is 4.30. The molecule has 0 amide bonds. The maximum Gasteiger partial charge on any atom is 0.0774 e. The molecule has 5 nitrogen and oxygen atoms in total. The molecule has 2 heterocycles. The first kappa shape index (κ1) is 10.6. The molecule has 0 aromatic carbocycles. The van der Waals surface area contributed by atoms with Gasteiger partial charge in [0.25, 0.3) is 0 Å². The van der Waals surface area contributed by atoms with Crippen LogP contribution in [-0.2, 0) is 13.6 Å². The first-order valence-electron chi connectivity index (χ1n) is 5.18. The minimum absolute atomic E-state index is 0.703. The van der Waals surface area contributed by atoms with Crippen LogP contribution in [0.4, 0.5) is 5.69 Å². The van der Waals surface area contributed by atoms with E-state index in [1.807, 2.05) is 33.0 Å². The van der Waals surface area contributed by atoms with E-state index in [2.05, 4.69) is 20.6 Å². The molecule has 0 bridgehead atoms. The zero-order valence-electron chi connectivity index (χ0n) is 9.73. The highest BCUT2D eigenvalue weighted by Crippen LogP contribution is 2.13. The number of anilines is 1. The number of nitrogens with one attached hydrogen (secondary N) is 1. The number of rotatable bonds is 3. The van der Waals surface area contributed by atoms with Gasteiger partial charge in [-0.05, 0) is 26.0 Å². The van der Waals surface area contributed by atoms with Gasteiger partial charge in [-0.3, -0.25) is 9.67 Å². The van der Waals surface area contributed by atoms with Crippen molar-refractivity contribution >= 4 is 5.69 Å². The van der Waals surface area contributed by atoms with E-state index in [4.69, 9.17) is 0 Å². The van der Waals surface area contributed by atoms with Gasteiger partial charge < -0.3 is 5.32 Å². The molecule has 0 radical (unpaired) electrons. The minimum atomic E-state index is 0.703. The van der Waals surface area contributed by atoms with E-state index in [1.165, 1.54) is 0 Å². The van der Waals surface area contributed by atoms with Gasteiger partial charge in [0.15, 0.2) is 0 Å². The van der Waals surface area contributed by atoms with Crippen molar-refractivity contribution in [3.8, 4) is 0 Å². The van der Waals surface area contributed by atoms with Gasteiger partial charge in [0.1, 0.15) is 0 Å². The number of hydrogen-bond acceptors (Lipinski definition) is 4. The molecule has 0 spiro atoms. The lowest BCUT2D eigenvalue weighted by atomic mass is 10.2. The molecule has 0 aliphatic rings. The van der Waals surface area contributed by atoms with Gasteiger partial charge in [0, 0.05) is 12.7 Å². The summed E-state index contributed by atoms with van der Waals surface area (Å²) in [5, 5.41) is 11.0. The minimum Gasteiger partial charge on any atom is -0.378 e. The molecule has 0 atom stereocenters. The molecular formula is C11H15N5. The fourth-order valence-corrected chi connectivity index (χ4v) is 1.53. The van der Waals surface area contributed by atoms with Gasteiger partial charge in [-0.1, -0.05) is 5.21 Å². The summed E-state index contributed by atoms with van der Waals surface area (Å²) in [7, 11) is 1.88. The average Bonchev–Trinajstić information content (AvgIpc) is 2.63. The Morgan fingerprint density at radius 2 is 2.12 bits per heavy atom. The standard InChI is InChI=1S/C11H15N5/c1-8-4-5-11(9(2)14-8)12-6-10-7-13-15-16(10)3/h4-5,7,12H,6H2,1-3H3. The average molecular weight is 217 g/mol. The fourth-order valence-electron chi connectivity index (χ4n) is 1.53. The summed E-state index contributed by atoms with van der Waals surface area (Å²) in [4.78, 5) is 4.40. The highest BCUT2D eigenvalue weighted by molar-refractivity contribution is 5.47. The van der Waals surface area contributed by atoms with Crippen molar-refractivity contribution in [3.63, 3.8) is 0 Å². The zero-order chi connectivity index (χ0) is 11.5. The van der Waals surface area contributed by atoms with Crippen LogP contribution in [0.3, 0.4) is 0 Å². The number of hydrogen-bond donors (Lipinski definition) is 1. The zero-order valence-corrected chi connectivity index (χ0v) is 9.73. The highest BCUT2D eigenvalue weighted by Gasteiger charge is 2.02. The van der Waals surface area contributed by atoms with E-state index in [-0.39, 0.29) is 0 Å². The van der Waals surface area contributed by atoms with E-state index in [0.29, 0.717) is 6.54 Å². The quantitative estimate of drug-likeness (QED) is 0.845. The summed E-state index contributed by atoms with van der Waals surface area (Å²) in [6.45, 7) is 4.69. The van der Waals surface area contributed by atoms with Crippen LogP contribution in [-0.4, -0.2) is 20.0 Å². The summed E-state index contributed by atoms with van der Waals surface area (Å²) in [5.41, 5.74) is 4.13. The SMILES string of the molecule is Cc1ccc(NCc2cnnn2C)c(C)n1. The normalized spacial score (nSPS) is 10.4. The Bertz CT molecular complexity index is 489. The molecule has 0 saturated carbocycles. The van der Waals surface area contributed by atoms with E-state index in [9.17, 15) is 0 Å². The summed E-state index contributed by atoms with van der Waals surface area (Å²) >= 11 is 0. The molecule has 0 aliphatic carbocycles. The molecule has 0 fully saturated rings. The Morgan fingerprint density at radius 3 is 2.75 bits per heavy atom. The van der Waals surface area contributed by atoms with Crippen molar-refractivity contribution in [3.05, 3.63) is 35.4 Å². The summed E-state index contributed by atoms with van der Waals surface area (Å²) in [5.74, 6) is 0. The lowest BCUT2D eigenvalue weighted by Gasteiger charge is -2.08. The second-order valence-corrected chi connectivity index (χ2v) is 3.79. The first-order chi connectivity index (χ1) is 7.66. The van der Waals surface area contributed by atoms with Crippen molar-refractivity contribution in [2.24, 2.45) is 7.05 Å². The van der Waals surface area contributed by atoms with Gasteiger partial charge >= 0.3 is 0 Å². The largest absolute Gasteiger partial charge is 0.378 e. The van der Waals surface area contributed by atoms with Gasteiger partial charge in [0.2, 0.25) is 0 Å². The van der Waals surface area contributed by atoms with Gasteiger partial charge in [-0.25, -0.2) is 0 Å². The summed E-state index contributed by atoms with van der Waals surface area (Å²) in [6.07, 6.45) is 1.75. The van der Waals surface area contributed by atoms with Crippen LogP contribution in [0.2, 0.25) is 0 Å². The molecule has 1 N–H and O–H groups in total. The molecule has 5 heteroatoms. The van der Waals surface area contributed by atoms with E-state index in [1.54, 1.807) is 10.9 Å². The lowest BCUT2D eigenvalue weighted by molar-refractivity contribution is 0.683. The molecule has 2 aromatic heterocycles. The fraction of sp³-hybridized carbons (Fsp3) is 0.364. The Labute approximate surface area is 94.5 Å². The first-order valence-corrected chi connectivity index (χ1v) is 5.18. The molecular weight excluding hydrogens is 202 g/mol. The predicted octanol–water partition coefficient (Wildman–Crippen LogP) is 1.44. The molecule has 2 rings (SSSR count). The lowest BCUT2D eigenvalue weighted by Crippen LogP contribution is -2.07. The third-order valence-electron chi connectivity index (χ3n) is 2.49. The van der Waals surface area contributed by atoms with Crippen LogP contribution < -0.4 is 5.32 Å². The summed E-state index contributed by atoms with van der Waals surface area (Å²) < 4.78 is 1.75. The molecule has 0 saturated heterocycles. The van der Waals surface area contributed by atoms with Crippen LogP contribution in [0.15, 0.2) is 18.3 Å². The number of aromatic nitrogens is 4. The summed E-state index contributed by atoms with van der Waals surface area (Å²) in [6, 6.07) is 4.04. The van der Waals surface area contributed by atoms with Crippen LogP contribution in [0.25, 0.3) is 0 Å². The molecule has 84 valence electrons. The van der Waals surface area contributed by atoms with Crippen LogP contribution in [0.1, 0.15) is 17.1 Å². The molecule has 2 aromatic rings. The van der Waals surface area contributed by atoms with Crippen molar-refractivity contribution in [2.75, 3.05) is 5.32 Å². The molecule has 16 heavy (non-hydrogen) atoms. The third-order valence-corrected chi connectivity index (χ3v) is 2.49. The van der Waals surface area contributed by atoms with Crippen molar-refractivity contribution < 1.29 is 0 Å². The highest BCUT2D eigenvalue weighted by atomic mass is 15.4. The molecule has 0 unspecified atom stereocenters. The maximum absolute atomic E-state index is 4.40. The van der Waals surface area contributed by atoms with Crippen molar-refractivity contribution in [1.82, 2.24) is 20.0 Å². The Morgan fingerprint density at radius 1 is 1.31 bits per heavy atom. The smallest absolute Gasteiger partial charge is 0.0774 e. The van der Waals surface area contributed by atoms with E-state index in [0.717, 1.165) is 22.8 Å². The van der Waals surface area contributed by atoms with Crippen molar-refractivity contribution in [1.29, 1.82) is 0 Å². The number of aryl methyl sites for hydroxylation is 3. The monoisotopic (exact) mass is 217 g/mol. The van der Waals surface area contributed by atoms with Crippen molar-refractivity contribution in [2.45, 2.75) is 20.4 Å². The van der Waals surface area contributed by atoms with Crippen LogP contribution in [0.5, 0.6) is 0 Å². The van der Waals surface area contributed by atoms with Gasteiger partial charge in [-0.2, -0.15) is 0 Å². The third kappa shape index (κ3) is 2.18. The Hall–Kier alpha value is -1.91. The number of nitrogens with zero attached hydrogens (tertiary/aromatic N) is 4. The van der Waals surface area contributed by atoms with Gasteiger partial charge in [0.05, 0.1) is 29.8 Å². The van der Waals surface area contributed by atoms with Gasteiger partial charge in [-0.15, -0.1) is 5.10 Å². The Balaban J connectivity index is 2.08. The topological polar surface area (TPSA) is 55.6 Å². The second-order valence-electron chi connectivity index (χ2n) is 3.79. The Kier molecular flexibility index (Phi) is 2.85.